The van der Waals surface area contributed by atoms with Crippen LogP contribution in [0.5, 0.6) is 17.2 Å². The number of amides is 2. The number of rotatable bonds is 8. The zero-order valence-corrected chi connectivity index (χ0v) is 16.9. The Labute approximate surface area is 168 Å². The number of benzene rings is 2. The van der Waals surface area contributed by atoms with Gasteiger partial charge in [0.25, 0.3) is 0 Å². The van der Waals surface area contributed by atoms with Gasteiger partial charge in [0.1, 0.15) is 16.8 Å². The van der Waals surface area contributed by atoms with Crippen molar-refractivity contribution < 1.29 is 32.6 Å². The summed E-state index contributed by atoms with van der Waals surface area (Å²) in [5.41, 5.74) is 0.647. The van der Waals surface area contributed by atoms with Gasteiger partial charge in [-0.2, -0.15) is 0 Å². The monoisotopic (exact) mass is 422 g/mol. The van der Waals surface area contributed by atoms with Crippen LogP contribution in [0.15, 0.2) is 42.5 Å². The lowest BCUT2D eigenvalue weighted by Crippen LogP contribution is -2.37. The van der Waals surface area contributed by atoms with E-state index < -0.39 is 32.7 Å². The van der Waals surface area contributed by atoms with Gasteiger partial charge in [0.2, 0.25) is 11.8 Å². The minimum Gasteiger partial charge on any atom is -0.508 e. The van der Waals surface area contributed by atoms with Gasteiger partial charge in [-0.1, -0.05) is 0 Å². The molecule has 0 bridgehead atoms. The molecule has 0 aliphatic heterocycles. The molecule has 0 saturated carbocycles. The topological polar surface area (TPSA) is 131 Å². The maximum atomic E-state index is 12.4. The van der Waals surface area contributed by atoms with E-state index in [2.05, 4.69) is 10.6 Å². The second kappa shape index (κ2) is 9.28. The fourth-order valence-electron chi connectivity index (χ4n) is 2.37. The van der Waals surface area contributed by atoms with Crippen molar-refractivity contribution >= 4 is 33.0 Å². The van der Waals surface area contributed by atoms with E-state index in [1.807, 2.05) is 0 Å². The van der Waals surface area contributed by atoms with Crippen LogP contribution in [-0.4, -0.2) is 50.6 Å². The highest BCUT2D eigenvalue weighted by Crippen LogP contribution is 2.29. The van der Waals surface area contributed by atoms with Crippen LogP contribution in [0.1, 0.15) is 6.92 Å². The van der Waals surface area contributed by atoms with E-state index in [1.165, 1.54) is 57.5 Å². The molecule has 29 heavy (non-hydrogen) atoms. The molecule has 1 unspecified atom stereocenters. The molecule has 10 heteroatoms. The zero-order chi connectivity index (χ0) is 21.6. The van der Waals surface area contributed by atoms with Crippen molar-refractivity contribution in [3.8, 4) is 17.2 Å². The summed E-state index contributed by atoms with van der Waals surface area (Å²) < 4.78 is 35.1. The molecule has 0 spiro atoms. The number of anilines is 2. The molecule has 1 atom stereocenters. The number of phenols is 1. The van der Waals surface area contributed by atoms with E-state index >= 15 is 0 Å². The van der Waals surface area contributed by atoms with Gasteiger partial charge in [-0.25, -0.2) is 8.42 Å². The Hall–Kier alpha value is -3.27. The number of carbonyl (C=O) groups is 2. The number of sulfone groups is 1. The standard InChI is InChI=1S/C19H22N2O7S/c1-12(19(24)21-13-4-7-15(22)8-5-13)29(25,26)11-18(23)20-14-6-9-16(27-2)17(10-14)28-3/h4-10,12,22H,11H2,1-3H3,(H,20,23)(H,21,24). The molecule has 2 aromatic rings. The van der Waals surface area contributed by atoms with Crippen LogP contribution in [0, 0.1) is 0 Å². The summed E-state index contributed by atoms with van der Waals surface area (Å²) in [6.45, 7) is 1.20. The van der Waals surface area contributed by atoms with Gasteiger partial charge < -0.3 is 25.2 Å². The summed E-state index contributed by atoms with van der Waals surface area (Å²) in [5, 5.41) is 12.7. The number of hydrogen-bond acceptors (Lipinski definition) is 7. The van der Waals surface area contributed by atoms with E-state index in [-0.39, 0.29) is 5.75 Å². The van der Waals surface area contributed by atoms with Crippen LogP contribution < -0.4 is 20.1 Å². The average molecular weight is 422 g/mol. The molecule has 0 aliphatic carbocycles. The lowest BCUT2D eigenvalue weighted by atomic mass is 10.2. The van der Waals surface area contributed by atoms with Crippen molar-refractivity contribution in [2.24, 2.45) is 0 Å². The molecule has 0 heterocycles. The van der Waals surface area contributed by atoms with Crippen molar-refractivity contribution in [2.45, 2.75) is 12.2 Å². The fraction of sp³-hybridized carbons (Fsp3) is 0.263. The summed E-state index contributed by atoms with van der Waals surface area (Å²) >= 11 is 0. The molecular formula is C19H22N2O7S. The van der Waals surface area contributed by atoms with Crippen LogP contribution in [-0.2, 0) is 19.4 Å². The molecule has 2 rings (SSSR count). The van der Waals surface area contributed by atoms with Gasteiger partial charge in [-0.3, -0.25) is 9.59 Å². The first-order chi connectivity index (χ1) is 13.7. The summed E-state index contributed by atoms with van der Waals surface area (Å²) in [4.78, 5) is 24.4. The largest absolute Gasteiger partial charge is 0.508 e. The predicted octanol–water partition coefficient (Wildman–Crippen LogP) is 1.79. The molecule has 0 fully saturated rings. The molecule has 2 aromatic carbocycles. The number of ether oxygens (including phenoxy) is 2. The Bertz CT molecular complexity index is 988. The Morgan fingerprint density at radius 1 is 0.966 bits per heavy atom. The van der Waals surface area contributed by atoms with Gasteiger partial charge in [0.15, 0.2) is 21.3 Å². The average Bonchev–Trinajstić information content (AvgIpc) is 2.68. The minimum absolute atomic E-state index is 0.00972. The Kier molecular flexibility index (Phi) is 7.05. The molecule has 0 radical (unpaired) electrons. The summed E-state index contributed by atoms with van der Waals surface area (Å²) in [5.74, 6) is -1.61. The second-order valence-corrected chi connectivity index (χ2v) is 8.42. The van der Waals surface area contributed by atoms with E-state index in [9.17, 15) is 23.1 Å². The number of hydrogen-bond donors (Lipinski definition) is 3. The van der Waals surface area contributed by atoms with Crippen LogP contribution >= 0.6 is 0 Å². The number of nitrogens with one attached hydrogen (secondary N) is 2. The molecule has 156 valence electrons. The fourth-order valence-corrected chi connectivity index (χ4v) is 3.44. The highest BCUT2D eigenvalue weighted by Gasteiger charge is 2.30. The van der Waals surface area contributed by atoms with Gasteiger partial charge in [-0.15, -0.1) is 0 Å². The zero-order valence-electron chi connectivity index (χ0n) is 16.1. The van der Waals surface area contributed by atoms with Crippen molar-refractivity contribution in [2.75, 3.05) is 30.6 Å². The second-order valence-electron chi connectivity index (χ2n) is 6.10. The molecular weight excluding hydrogens is 400 g/mol. The minimum atomic E-state index is -4.07. The Morgan fingerprint density at radius 3 is 2.14 bits per heavy atom. The number of methoxy groups -OCH3 is 2. The first kappa shape index (κ1) is 22.0. The smallest absolute Gasteiger partial charge is 0.242 e. The highest BCUT2D eigenvalue weighted by molar-refractivity contribution is 7.93. The number of aromatic hydroxyl groups is 1. The summed E-state index contributed by atoms with van der Waals surface area (Å²) in [6, 6.07) is 10.2. The van der Waals surface area contributed by atoms with Crippen LogP contribution in [0.25, 0.3) is 0 Å². The normalized spacial score (nSPS) is 12.0. The maximum absolute atomic E-state index is 12.4. The maximum Gasteiger partial charge on any atom is 0.242 e. The first-order valence-corrected chi connectivity index (χ1v) is 10.2. The van der Waals surface area contributed by atoms with Gasteiger partial charge >= 0.3 is 0 Å². The molecule has 0 saturated heterocycles. The van der Waals surface area contributed by atoms with Crippen LogP contribution in [0.3, 0.4) is 0 Å². The molecule has 0 aromatic heterocycles. The lowest BCUT2D eigenvalue weighted by Gasteiger charge is -2.14. The van der Waals surface area contributed by atoms with Gasteiger partial charge in [0.05, 0.1) is 14.2 Å². The van der Waals surface area contributed by atoms with Crippen molar-refractivity contribution in [3.05, 3.63) is 42.5 Å². The third-order valence-corrected chi connectivity index (χ3v) is 6.00. The summed E-state index contributed by atoms with van der Waals surface area (Å²) in [7, 11) is -1.17. The van der Waals surface area contributed by atoms with Crippen molar-refractivity contribution in [1.29, 1.82) is 0 Å². The lowest BCUT2D eigenvalue weighted by molar-refractivity contribution is -0.115. The third kappa shape index (κ3) is 5.85. The Balaban J connectivity index is 2.02. The van der Waals surface area contributed by atoms with E-state index in [0.29, 0.717) is 22.9 Å². The predicted molar refractivity (Wildman–Crippen MR) is 108 cm³/mol. The molecule has 9 nitrogen and oxygen atoms in total. The van der Waals surface area contributed by atoms with E-state index in [0.717, 1.165) is 0 Å². The summed E-state index contributed by atoms with van der Waals surface area (Å²) in [6.07, 6.45) is 0. The molecule has 3 N–H and O–H groups in total. The van der Waals surface area contributed by atoms with E-state index in [1.54, 1.807) is 6.07 Å². The molecule has 0 aliphatic rings. The van der Waals surface area contributed by atoms with Crippen molar-refractivity contribution in [3.63, 3.8) is 0 Å². The first-order valence-electron chi connectivity index (χ1n) is 8.49. The number of carbonyl (C=O) groups excluding carboxylic acids is 2. The third-order valence-electron chi connectivity index (χ3n) is 4.04. The van der Waals surface area contributed by atoms with Crippen LogP contribution in [0.4, 0.5) is 11.4 Å². The van der Waals surface area contributed by atoms with Crippen molar-refractivity contribution in [1.82, 2.24) is 0 Å². The quantitative estimate of drug-likeness (QED) is 0.553. The highest BCUT2D eigenvalue weighted by atomic mass is 32.2. The van der Waals surface area contributed by atoms with Gasteiger partial charge in [0, 0.05) is 17.4 Å². The Morgan fingerprint density at radius 2 is 1.55 bits per heavy atom. The van der Waals surface area contributed by atoms with E-state index in [4.69, 9.17) is 9.47 Å². The SMILES string of the molecule is COc1ccc(NC(=O)CS(=O)(=O)C(C)C(=O)Nc2ccc(O)cc2)cc1OC. The van der Waals surface area contributed by atoms with Gasteiger partial charge in [-0.05, 0) is 43.3 Å². The molecule has 2 amide bonds. The number of phenolic OH excluding ortho intramolecular Hbond substituents is 1. The van der Waals surface area contributed by atoms with Crippen LogP contribution in [0.2, 0.25) is 0 Å².